The van der Waals surface area contributed by atoms with Crippen LogP contribution in [-0.4, -0.2) is 18.9 Å². The molecule has 1 unspecified atom stereocenters. The van der Waals surface area contributed by atoms with Crippen LogP contribution in [0.15, 0.2) is 12.1 Å². The van der Waals surface area contributed by atoms with E-state index in [1.807, 2.05) is 0 Å². The zero-order valence-corrected chi connectivity index (χ0v) is 11.4. The fourth-order valence-corrected chi connectivity index (χ4v) is 2.65. The second-order valence-corrected chi connectivity index (χ2v) is 5.38. The highest BCUT2D eigenvalue weighted by Crippen LogP contribution is 2.31. The number of Topliss-reactive ketones (excluding diaryl/α,β-unsaturated/α-hetero) is 1. The van der Waals surface area contributed by atoms with Gasteiger partial charge in [-0.3, -0.25) is 4.79 Å². The number of carbonyl (C=O) groups is 1. The van der Waals surface area contributed by atoms with Crippen molar-refractivity contribution in [2.45, 2.75) is 12.8 Å². The van der Waals surface area contributed by atoms with Gasteiger partial charge in [0.2, 0.25) is 0 Å². The maximum absolute atomic E-state index is 12.3. The Bertz CT molecular complexity index is 442. The van der Waals surface area contributed by atoms with E-state index in [1.165, 1.54) is 6.07 Å². The molecule has 1 aliphatic rings. The summed E-state index contributed by atoms with van der Waals surface area (Å²) >= 11 is 17.8. The molecule has 1 heterocycles. The number of hydrogen-bond donors (Lipinski definition) is 1. The fraction of sp³-hybridized carbons (Fsp3) is 0.417. The highest BCUT2D eigenvalue weighted by atomic mass is 35.5. The summed E-state index contributed by atoms with van der Waals surface area (Å²) in [7, 11) is 0. The van der Waals surface area contributed by atoms with Gasteiger partial charge < -0.3 is 5.32 Å². The van der Waals surface area contributed by atoms with Crippen molar-refractivity contribution in [3.05, 3.63) is 32.8 Å². The molecule has 0 aromatic heterocycles. The lowest BCUT2D eigenvalue weighted by Crippen LogP contribution is -2.34. The lowest BCUT2D eigenvalue weighted by molar-refractivity contribution is 0.0900. The molecule has 1 saturated heterocycles. The molecule has 1 aromatic rings. The average molecular weight is 293 g/mol. The maximum atomic E-state index is 12.3. The molecule has 1 N–H and O–H groups in total. The van der Waals surface area contributed by atoms with E-state index < -0.39 is 0 Å². The van der Waals surface area contributed by atoms with E-state index in [1.54, 1.807) is 6.07 Å². The van der Waals surface area contributed by atoms with Crippen molar-refractivity contribution >= 4 is 40.6 Å². The number of halogens is 3. The maximum Gasteiger partial charge on any atom is 0.168 e. The summed E-state index contributed by atoms with van der Waals surface area (Å²) in [5.74, 6) is 0.0271. The minimum Gasteiger partial charge on any atom is -0.316 e. The molecule has 0 amide bonds. The molecule has 1 atom stereocenters. The largest absolute Gasteiger partial charge is 0.316 e. The van der Waals surface area contributed by atoms with Crippen molar-refractivity contribution in [2.24, 2.45) is 5.92 Å². The molecule has 17 heavy (non-hydrogen) atoms. The van der Waals surface area contributed by atoms with Gasteiger partial charge in [-0.25, -0.2) is 0 Å². The second-order valence-electron chi connectivity index (χ2n) is 4.15. The average Bonchev–Trinajstić information content (AvgIpc) is 2.34. The first-order valence-corrected chi connectivity index (χ1v) is 6.62. The highest BCUT2D eigenvalue weighted by molar-refractivity contribution is 6.44. The van der Waals surface area contributed by atoms with Gasteiger partial charge in [0.15, 0.2) is 5.78 Å². The van der Waals surface area contributed by atoms with Crippen molar-refractivity contribution in [2.75, 3.05) is 13.1 Å². The first-order chi connectivity index (χ1) is 8.09. The fourth-order valence-electron chi connectivity index (χ4n) is 2.01. The van der Waals surface area contributed by atoms with E-state index in [0.29, 0.717) is 27.2 Å². The number of benzene rings is 1. The SMILES string of the molecule is O=C(c1cc(Cl)c(Cl)cc1Cl)C1CCCNC1. The van der Waals surface area contributed by atoms with Crippen molar-refractivity contribution in [1.29, 1.82) is 0 Å². The van der Waals surface area contributed by atoms with Crippen LogP contribution in [0, 0.1) is 5.92 Å². The molecule has 1 aliphatic heterocycles. The third-order valence-corrected chi connectivity index (χ3v) is 3.98. The Labute approximate surface area is 115 Å². The Morgan fingerprint density at radius 1 is 1.18 bits per heavy atom. The monoisotopic (exact) mass is 291 g/mol. The zero-order chi connectivity index (χ0) is 12.4. The zero-order valence-electron chi connectivity index (χ0n) is 9.10. The standard InChI is InChI=1S/C12H12Cl3NO/c13-9-5-11(15)10(14)4-8(9)12(17)7-2-1-3-16-6-7/h4-5,7,16H,1-3,6H2. The predicted molar refractivity (Wildman–Crippen MR) is 71.4 cm³/mol. The number of ketones is 1. The van der Waals surface area contributed by atoms with Gasteiger partial charge in [0.1, 0.15) is 0 Å². The van der Waals surface area contributed by atoms with E-state index in [2.05, 4.69) is 5.32 Å². The van der Waals surface area contributed by atoms with Crippen LogP contribution >= 0.6 is 34.8 Å². The van der Waals surface area contributed by atoms with Crippen LogP contribution in [0.5, 0.6) is 0 Å². The second kappa shape index (κ2) is 5.57. The number of piperidine rings is 1. The summed E-state index contributed by atoms with van der Waals surface area (Å²) < 4.78 is 0. The van der Waals surface area contributed by atoms with E-state index in [0.717, 1.165) is 19.4 Å². The molecule has 2 rings (SSSR count). The molecule has 92 valence electrons. The normalized spacial score (nSPS) is 20.3. The summed E-state index contributed by atoms with van der Waals surface area (Å²) in [4.78, 5) is 12.3. The molecule has 1 aromatic carbocycles. The molecule has 5 heteroatoms. The van der Waals surface area contributed by atoms with Gasteiger partial charge in [-0.2, -0.15) is 0 Å². The summed E-state index contributed by atoms with van der Waals surface area (Å²) in [6.07, 6.45) is 1.90. The summed E-state index contributed by atoms with van der Waals surface area (Å²) in [5, 5.41) is 4.31. The molecule has 1 fully saturated rings. The van der Waals surface area contributed by atoms with Gasteiger partial charge in [0.25, 0.3) is 0 Å². The molecule has 2 nitrogen and oxygen atoms in total. The van der Waals surface area contributed by atoms with Gasteiger partial charge in [-0.1, -0.05) is 34.8 Å². The van der Waals surface area contributed by atoms with Gasteiger partial charge >= 0.3 is 0 Å². The van der Waals surface area contributed by atoms with Crippen LogP contribution in [0.1, 0.15) is 23.2 Å². The topological polar surface area (TPSA) is 29.1 Å². The Hall–Kier alpha value is -0.280. The van der Waals surface area contributed by atoms with Crippen molar-refractivity contribution in [3.8, 4) is 0 Å². The van der Waals surface area contributed by atoms with Crippen LogP contribution < -0.4 is 5.32 Å². The minimum atomic E-state index is -0.0153. The van der Waals surface area contributed by atoms with Crippen molar-refractivity contribution in [1.82, 2.24) is 5.32 Å². The Morgan fingerprint density at radius 2 is 1.88 bits per heavy atom. The van der Waals surface area contributed by atoms with Crippen LogP contribution in [0.3, 0.4) is 0 Å². The molecule has 0 bridgehead atoms. The van der Waals surface area contributed by atoms with Gasteiger partial charge in [0, 0.05) is 18.0 Å². The lowest BCUT2D eigenvalue weighted by Gasteiger charge is -2.22. The highest BCUT2D eigenvalue weighted by Gasteiger charge is 2.24. The first-order valence-electron chi connectivity index (χ1n) is 5.49. The van der Waals surface area contributed by atoms with Crippen LogP contribution in [0.4, 0.5) is 0 Å². The van der Waals surface area contributed by atoms with Gasteiger partial charge in [-0.05, 0) is 31.5 Å². The first kappa shape index (κ1) is 13.2. The summed E-state index contributed by atoms with van der Waals surface area (Å²) in [6.45, 7) is 1.67. The number of nitrogens with one attached hydrogen (secondary N) is 1. The lowest BCUT2D eigenvalue weighted by atomic mass is 9.91. The molecule has 0 saturated carbocycles. The van der Waals surface area contributed by atoms with Crippen molar-refractivity contribution < 1.29 is 4.79 Å². The van der Waals surface area contributed by atoms with Crippen LogP contribution in [-0.2, 0) is 0 Å². The van der Waals surface area contributed by atoms with Gasteiger partial charge in [-0.15, -0.1) is 0 Å². The Kier molecular flexibility index (Phi) is 4.31. The summed E-state index contributed by atoms with van der Waals surface area (Å²) in [6, 6.07) is 3.08. The van der Waals surface area contributed by atoms with E-state index in [9.17, 15) is 4.79 Å². The van der Waals surface area contributed by atoms with Crippen molar-refractivity contribution in [3.63, 3.8) is 0 Å². The molecular weight excluding hydrogens is 280 g/mol. The molecule has 0 radical (unpaired) electrons. The smallest absolute Gasteiger partial charge is 0.168 e. The Morgan fingerprint density at radius 3 is 2.53 bits per heavy atom. The third-order valence-electron chi connectivity index (χ3n) is 2.94. The molecule has 0 aliphatic carbocycles. The number of rotatable bonds is 2. The predicted octanol–water partition coefficient (Wildman–Crippen LogP) is 3.83. The van der Waals surface area contributed by atoms with Crippen LogP contribution in [0.2, 0.25) is 15.1 Å². The molecular formula is C12H12Cl3NO. The van der Waals surface area contributed by atoms with E-state index in [-0.39, 0.29) is 11.7 Å². The summed E-state index contributed by atoms with van der Waals surface area (Å²) in [5.41, 5.74) is 0.467. The number of carbonyl (C=O) groups excluding carboxylic acids is 1. The minimum absolute atomic E-state index is 0.0153. The third kappa shape index (κ3) is 2.94. The Balaban J connectivity index is 2.26. The quantitative estimate of drug-likeness (QED) is 0.663. The van der Waals surface area contributed by atoms with Crippen LogP contribution in [0.25, 0.3) is 0 Å². The van der Waals surface area contributed by atoms with E-state index >= 15 is 0 Å². The number of hydrogen-bond acceptors (Lipinski definition) is 2. The molecule has 0 spiro atoms. The van der Waals surface area contributed by atoms with Gasteiger partial charge in [0.05, 0.1) is 15.1 Å². The van der Waals surface area contributed by atoms with E-state index in [4.69, 9.17) is 34.8 Å².